The predicted molar refractivity (Wildman–Crippen MR) is 113 cm³/mol. The second-order valence-electron chi connectivity index (χ2n) is 7.11. The van der Waals surface area contributed by atoms with Crippen molar-refractivity contribution in [2.75, 3.05) is 0 Å². The zero-order valence-corrected chi connectivity index (χ0v) is 15.7. The molecule has 4 aromatic heterocycles. The summed E-state index contributed by atoms with van der Waals surface area (Å²) >= 11 is 0. The molecule has 8 nitrogen and oxygen atoms in total. The van der Waals surface area contributed by atoms with E-state index in [1.807, 2.05) is 39.4 Å². The van der Waals surface area contributed by atoms with Crippen molar-refractivity contribution in [3.05, 3.63) is 85.5 Å². The normalized spacial score (nSPS) is 12.0. The Morgan fingerprint density at radius 1 is 0.500 bits per heavy atom. The number of nitrogens with zero attached hydrogens (tertiary/aromatic N) is 8. The molecule has 4 heterocycles. The van der Waals surface area contributed by atoms with E-state index in [1.54, 1.807) is 12.7 Å². The lowest BCUT2D eigenvalue weighted by Gasteiger charge is -2.09. The summed E-state index contributed by atoms with van der Waals surface area (Å²) in [7, 11) is 0. The molecule has 0 N–H and O–H groups in total. The monoisotopic (exact) mass is 390 g/mol. The topological polar surface area (TPSA) is 70.2 Å². The zero-order valence-electron chi connectivity index (χ0n) is 15.7. The summed E-state index contributed by atoms with van der Waals surface area (Å²) in [5.74, 6) is 1.55. The molecule has 0 saturated heterocycles. The van der Waals surface area contributed by atoms with Gasteiger partial charge in [0.05, 0.1) is 33.4 Å². The van der Waals surface area contributed by atoms with Gasteiger partial charge in [-0.2, -0.15) is 29.2 Å². The van der Waals surface area contributed by atoms with Crippen LogP contribution in [0, 0.1) is 0 Å². The molecule has 30 heavy (non-hydrogen) atoms. The van der Waals surface area contributed by atoms with Crippen LogP contribution in [0.15, 0.2) is 85.5 Å². The van der Waals surface area contributed by atoms with Crippen molar-refractivity contribution in [3.63, 3.8) is 0 Å². The van der Waals surface area contributed by atoms with Crippen molar-refractivity contribution in [2.24, 2.45) is 0 Å². The second-order valence-corrected chi connectivity index (χ2v) is 7.11. The van der Waals surface area contributed by atoms with Gasteiger partial charge >= 0.3 is 0 Å². The number of rotatable bonds is 2. The van der Waals surface area contributed by atoms with Gasteiger partial charge in [0, 0.05) is 0 Å². The molecular weight excluding hydrogens is 376 g/mol. The van der Waals surface area contributed by atoms with Crippen molar-refractivity contribution >= 4 is 33.6 Å². The largest absolute Gasteiger partial charge is 0.277 e. The minimum absolute atomic E-state index is 0.776. The minimum Gasteiger partial charge on any atom is -0.277 e. The van der Waals surface area contributed by atoms with E-state index in [-0.39, 0.29) is 0 Å². The van der Waals surface area contributed by atoms with Crippen LogP contribution in [0.1, 0.15) is 0 Å². The maximum absolute atomic E-state index is 4.50. The molecule has 0 aliphatic carbocycles. The van der Waals surface area contributed by atoms with Gasteiger partial charge in [0.25, 0.3) is 0 Å². The van der Waals surface area contributed by atoms with E-state index >= 15 is 0 Å². The summed E-state index contributed by atoms with van der Waals surface area (Å²) in [6, 6.07) is 24.7. The first-order valence-corrected chi connectivity index (χ1v) is 9.59. The second kappa shape index (κ2) is 5.54. The molecule has 7 rings (SSSR count). The third-order valence-electron chi connectivity index (χ3n) is 5.51. The Morgan fingerprint density at radius 3 is 1.47 bits per heavy atom. The number of aromatic nitrogens is 8. The van der Waals surface area contributed by atoms with Crippen LogP contribution in [0.5, 0.6) is 0 Å². The van der Waals surface area contributed by atoms with Crippen LogP contribution in [0.2, 0.25) is 0 Å². The quantitative estimate of drug-likeness (QED) is 0.452. The fraction of sp³-hybridized carbons (Fsp3) is 0. The van der Waals surface area contributed by atoms with Crippen molar-refractivity contribution in [2.45, 2.75) is 0 Å². The Kier molecular flexibility index (Phi) is 2.86. The Hall–Kier alpha value is -4.46. The zero-order chi connectivity index (χ0) is 19.7. The minimum atomic E-state index is 0.776. The first-order valence-electron chi connectivity index (χ1n) is 9.59. The summed E-state index contributed by atoms with van der Waals surface area (Å²) in [6.07, 6.45) is 3.17. The summed E-state index contributed by atoms with van der Waals surface area (Å²) < 4.78 is 7.98. The van der Waals surface area contributed by atoms with Crippen LogP contribution in [-0.2, 0) is 0 Å². The molecule has 0 aliphatic rings. The van der Waals surface area contributed by atoms with E-state index in [9.17, 15) is 0 Å². The van der Waals surface area contributed by atoms with Crippen molar-refractivity contribution in [1.29, 1.82) is 0 Å². The highest BCUT2D eigenvalue weighted by atomic mass is 15.4. The highest BCUT2D eigenvalue weighted by molar-refractivity contribution is 5.84. The van der Waals surface area contributed by atoms with Crippen molar-refractivity contribution in [3.8, 4) is 11.4 Å². The smallest absolute Gasteiger partial charge is 0.238 e. The van der Waals surface area contributed by atoms with Gasteiger partial charge in [0.15, 0.2) is 0 Å². The molecule has 7 aromatic rings. The van der Waals surface area contributed by atoms with Crippen LogP contribution in [-0.4, -0.2) is 38.3 Å². The fourth-order valence-corrected chi connectivity index (χ4v) is 4.28. The van der Waals surface area contributed by atoms with Gasteiger partial charge in [-0.3, -0.25) is 9.13 Å². The van der Waals surface area contributed by atoms with Gasteiger partial charge in [-0.15, -0.1) is 0 Å². The van der Waals surface area contributed by atoms with Gasteiger partial charge < -0.3 is 0 Å². The van der Waals surface area contributed by atoms with Gasteiger partial charge in [-0.1, -0.05) is 30.3 Å². The van der Waals surface area contributed by atoms with Gasteiger partial charge in [0.1, 0.15) is 12.7 Å². The molecule has 0 amide bonds. The summed E-state index contributed by atoms with van der Waals surface area (Å²) in [5, 5.41) is 8.80. The fourth-order valence-electron chi connectivity index (χ4n) is 4.28. The van der Waals surface area contributed by atoms with E-state index in [1.165, 1.54) is 0 Å². The first-order chi connectivity index (χ1) is 14.9. The molecule has 0 bridgehead atoms. The molecule has 142 valence electrons. The Labute approximate surface area is 169 Å². The Bertz CT molecular complexity index is 1590. The SMILES string of the molecule is c1cc(-n2c3ccccc3n3ncnc23)cc(-n2c3ccccc3n3ncnc23)c1. The highest BCUT2D eigenvalue weighted by Crippen LogP contribution is 2.28. The summed E-state index contributed by atoms with van der Waals surface area (Å²) in [5.41, 5.74) is 6.14. The third kappa shape index (κ3) is 1.89. The van der Waals surface area contributed by atoms with Gasteiger partial charge in [0.2, 0.25) is 11.6 Å². The van der Waals surface area contributed by atoms with Gasteiger partial charge in [-0.25, -0.2) is 0 Å². The number of benzene rings is 3. The molecule has 0 spiro atoms. The first kappa shape index (κ1) is 15.5. The Balaban J connectivity index is 1.55. The maximum Gasteiger partial charge on any atom is 0.238 e. The van der Waals surface area contributed by atoms with Gasteiger partial charge in [-0.05, 0) is 42.5 Å². The third-order valence-corrected chi connectivity index (χ3v) is 5.51. The lowest BCUT2D eigenvalue weighted by atomic mass is 10.2. The van der Waals surface area contributed by atoms with E-state index in [4.69, 9.17) is 0 Å². The van der Waals surface area contributed by atoms with Crippen LogP contribution in [0.25, 0.3) is 45.0 Å². The lowest BCUT2D eigenvalue weighted by molar-refractivity contribution is 0.986. The lowest BCUT2D eigenvalue weighted by Crippen LogP contribution is -1.99. The molecule has 0 fully saturated rings. The Morgan fingerprint density at radius 2 is 0.967 bits per heavy atom. The highest BCUT2D eigenvalue weighted by Gasteiger charge is 2.17. The van der Waals surface area contributed by atoms with Crippen molar-refractivity contribution < 1.29 is 0 Å². The summed E-state index contributed by atoms with van der Waals surface area (Å²) in [6.45, 7) is 0. The van der Waals surface area contributed by atoms with Crippen LogP contribution in [0.3, 0.4) is 0 Å². The average molecular weight is 390 g/mol. The standard InChI is InChI=1S/C22H14N8/c1-3-10-19-17(8-1)27(21-23-13-25-29(19)21)15-6-5-7-16(12-15)28-18-9-2-4-11-20(18)30-22(28)24-14-26-30/h1-14H. The predicted octanol–water partition coefficient (Wildman–Crippen LogP) is 3.66. The molecule has 0 aliphatic heterocycles. The van der Waals surface area contributed by atoms with E-state index in [0.29, 0.717) is 0 Å². The van der Waals surface area contributed by atoms with Crippen LogP contribution in [0.4, 0.5) is 0 Å². The number of hydrogen-bond donors (Lipinski definition) is 0. The number of imidazole rings is 2. The van der Waals surface area contributed by atoms with Crippen LogP contribution < -0.4 is 0 Å². The molecule has 3 aromatic carbocycles. The summed E-state index contributed by atoms with van der Waals surface area (Å²) in [4.78, 5) is 9.00. The molecule has 0 radical (unpaired) electrons. The van der Waals surface area contributed by atoms with Crippen LogP contribution >= 0.6 is 0 Å². The van der Waals surface area contributed by atoms with E-state index in [2.05, 4.69) is 71.8 Å². The van der Waals surface area contributed by atoms with E-state index < -0.39 is 0 Å². The number of hydrogen-bond acceptors (Lipinski definition) is 4. The molecule has 0 unspecified atom stereocenters. The molecule has 0 saturated carbocycles. The maximum atomic E-state index is 4.50. The molecule has 0 atom stereocenters. The van der Waals surface area contributed by atoms with Crippen molar-refractivity contribution in [1.82, 2.24) is 38.3 Å². The van der Waals surface area contributed by atoms with E-state index in [0.717, 1.165) is 45.0 Å². The number of fused-ring (bicyclic) bond motifs is 6. The molecule has 8 heteroatoms. The number of para-hydroxylation sites is 4. The average Bonchev–Trinajstić information content (AvgIpc) is 3.54. The molecular formula is C22H14N8.